The first kappa shape index (κ1) is 14.2. The predicted molar refractivity (Wildman–Crippen MR) is 78.5 cm³/mol. The van der Waals surface area contributed by atoms with Gasteiger partial charge in [-0.05, 0) is 34.0 Å². The van der Waals surface area contributed by atoms with E-state index in [0.29, 0.717) is 6.04 Å². The second-order valence-electron chi connectivity index (χ2n) is 5.41. The molecule has 1 aliphatic heterocycles. The number of rotatable bonds is 5. The summed E-state index contributed by atoms with van der Waals surface area (Å²) in [4.78, 5) is 13.8. The van der Waals surface area contributed by atoms with E-state index in [1.165, 1.54) is 12.0 Å². The third-order valence-corrected chi connectivity index (χ3v) is 3.81. The van der Waals surface area contributed by atoms with Gasteiger partial charge in [0.05, 0.1) is 0 Å². The summed E-state index contributed by atoms with van der Waals surface area (Å²) in [7, 11) is 4.28. The SMILES string of the molecule is CCNCc1cnc(N2CCC(N(C)C)C2)nc1C. The van der Waals surface area contributed by atoms with Crippen LogP contribution in [0.3, 0.4) is 0 Å². The zero-order valence-corrected chi connectivity index (χ0v) is 12.5. The Morgan fingerprint density at radius 3 is 2.84 bits per heavy atom. The zero-order valence-electron chi connectivity index (χ0n) is 12.5. The van der Waals surface area contributed by atoms with Crippen LogP contribution >= 0.6 is 0 Å². The predicted octanol–water partition coefficient (Wildman–Crippen LogP) is 1.03. The van der Waals surface area contributed by atoms with Crippen LogP contribution in [0.2, 0.25) is 0 Å². The van der Waals surface area contributed by atoms with Crippen LogP contribution in [0.4, 0.5) is 5.95 Å². The third kappa shape index (κ3) is 3.42. The highest BCUT2D eigenvalue weighted by Crippen LogP contribution is 2.19. The van der Waals surface area contributed by atoms with E-state index in [1.54, 1.807) is 0 Å². The second kappa shape index (κ2) is 6.30. The van der Waals surface area contributed by atoms with Gasteiger partial charge in [-0.3, -0.25) is 0 Å². The molecule has 1 unspecified atom stereocenters. The van der Waals surface area contributed by atoms with Crippen LogP contribution in [0.25, 0.3) is 0 Å². The van der Waals surface area contributed by atoms with Gasteiger partial charge in [-0.1, -0.05) is 6.92 Å². The Bertz CT molecular complexity index is 418. The number of nitrogens with one attached hydrogen (secondary N) is 1. The molecule has 19 heavy (non-hydrogen) atoms. The molecule has 5 heteroatoms. The third-order valence-electron chi connectivity index (χ3n) is 3.81. The van der Waals surface area contributed by atoms with Crippen molar-refractivity contribution in [1.29, 1.82) is 0 Å². The molecule has 0 amide bonds. The molecule has 0 radical (unpaired) electrons. The lowest BCUT2D eigenvalue weighted by molar-refractivity contribution is 0.315. The standard InChI is InChI=1S/C14H25N5/c1-5-15-8-12-9-16-14(17-11(12)2)19-7-6-13(10-19)18(3)4/h9,13,15H,5-8,10H2,1-4H3. The molecule has 2 heterocycles. The Morgan fingerprint density at radius 1 is 1.47 bits per heavy atom. The summed E-state index contributed by atoms with van der Waals surface area (Å²) >= 11 is 0. The Balaban J connectivity index is 2.04. The van der Waals surface area contributed by atoms with Gasteiger partial charge < -0.3 is 15.1 Å². The molecule has 1 aliphatic rings. The maximum atomic E-state index is 4.66. The normalized spacial score (nSPS) is 19.4. The highest BCUT2D eigenvalue weighted by molar-refractivity contribution is 5.34. The molecular weight excluding hydrogens is 238 g/mol. The van der Waals surface area contributed by atoms with Crippen molar-refractivity contribution in [2.45, 2.75) is 32.9 Å². The first-order valence-corrected chi connectivity index (χ1v) is 7.06. The monoisotopic (exact) mass is 263 g/mol. The van der Waals surface area contributed by atoms with Crippen LogP contribution in [-0.2, 0) is 6.54 Å². The van der Waals surface area contributed by atoms with Crippen LogP contribution in [0.15, 0.2) is 6.20 Å². The van der Waals surface area contributed by atoms with Crippen molar-refractivity contribution in [3.05, 3.63) is 17.5 Å². The molecule has 106 valence electrons. The number of anilines is 1. The van der Waals surface area contributed by atoms with Crippen LogP contribution < -0.4 is 10.2 Å². The summed E-state index contributed by atoms with van der Waals surface area (Å²) < 4.78 is 0. The fourth-order valence-electron chi connectivity index (χ4n) is 2.41. The minimum atomic E-state index is 0.616. The minimum Gasteiger partial charge on any atom is -0.339 e. The zero-order chi connectivity index (χ0) is 13.8. The van der Waals surface area contributed by atoms with Crippen LogP contribution in [-0.4, -0.2) is 54.6 Å². The number of likely N-dealkylation sites (N-methyl/N-ethyl adjacent to an activating group) is 1. The fourth-order valence-corrected chi connectivity index (χ4v) is 2.41. The average Bonchev–Trinajstić information content (AvgIpc) is 2.87. The summed E-state index contributed by atoms with van der Waals surface area (Å²) in [6.07, 6.45) is 3.15. The molecule has 0 aromatic carbocycles. The van der Waals surface area contributed by atoms with Crippen molar-refractivity contribution in [2.24, 2.45) is 0 Å². The molecule has 0 aliphatic carbocycles. The number of aryl methyl sites for hydroxylation is 1. The number of hydrogen-bond acceptors (Lipinski definition) is 5. The van der Waals surface area contributed by atoms with Gasteiger partial charge in [-0.2, -0.15) is 0 Å². The van der Waals surface area contributed by atoms with Gasteiger partial charge in [0, 0.05) is 43.1 Å². The van der Waals surface area contributed by atoms with Gasteiger partial charge in [0.2, 0.25) is 5.95 Å². The topological polar surface area (TPSA) is 44.3 Å². The number of nitrogens with zero attached hydrogens (tertiary/aromatic N) is 4. The molecule has 0 saturated carbocycles. The largest absolute Gasteiger partial charge is 0.339 e. The van der Waals surface area contributed by atoms with Gasteiger partial charge in [0.1, 0.15) is 0 Å². The average molecular weight is 263 g/mol. The second-order valence-corrected chi connectivity index (χ2v) is 5.41. The first-order valence-electron chi connectivity index (χ1n) is 7.06. The highest BCUT2D eigenvalue weighted by Gasteiger charge is 2.25. The van der Waals surface area contributed by atoms with Crippen LogP contribution in [0.1, 0.15) is 24.6 Å². The molecule has 1 N–H and O–H groups in total. The van der Waals surface area contributed by atoms with E-state index in [4.69, 9.17) is 0 Å². The molecule has 1 saturated heterocycles. The number of aromatic nitrogens is 2. The van der Waals surface area contributed by atoms with Crippen molar-refractivity contribution in [2.75, 3.05) is 38.6 Å². The van der Waals surface area contributed by atoms with Crippen molar-refractivity contribution < 1.29 is 0 Å². The molecule has 1 aromatic heterocycles. The summed E-state index contributed by atoms with van der Waals surface area (Å²) in [5, 5.41) is 3.32. The van der Waals surface area contributed by atoms with E-state index in [0.717, 1.165) is 37.8 Å². The van der Waals surface area contributed by atoms with Crippen LogP contribution in [0.5, 0.6) is 0 Å². The van der Waals surface area contributed by atoms with E-state index in [9.17, 15) is 0 Å². The smallest absolute Gasteiger partial charge is 0.225 e. The Hall–Kier alpha value is -1.20. The maximum Gasteiger partial charge on any atom is 0.225 e. The first-order chi connectivity index (χ1) is 9.11. The Labute approximate surface area is 116 Å². The van der Waals surface area contributed by atoms with Gasteiger partial charge in [-0.15, -0.1) is 0 Å². The van der Waals surface area contributed by atoms with E-state index in [-0.39, 0.29) is 0 Å². The van der Waals surface area contributed by atoms with Crippen molar-refractivity contribution >= 4 is 5.95 Å². The van der Waals surface area contributed by atoms with Gasteiger partial charge in [0.15, 0.2) is 0 Å². The highest BCUT2D eigenvalue weighted by atomic mass is 15.3. The lowest BCUT2D eigenvalue weighted by atomic mass is 10.2. The Morgan fingerprint density at radius 2 is 2.26 bits per heavy atom. The van der Waals surface area contributed by atoms with Crippen molar-refractivity contribution in [3.8, 4) is 0 Å². The fraction of sp³-hybridized carbons (Fsp3) is 0.714. The maximum absolute atomic E-state index is 4.66. The summed E-state index contributed by atoms with van der Waals surface area (Å²) in [6, 6.07) is 0.616. The molecule has 0 bridgehead atoms. The molecule has 5 nitrogen and oxygen atoms in total. The number of hydrogen-bond donors (Lipinski definition) is 1. The quantitative estimate of drug-likeness (QED) is 0.860. The van der Waals surface area contributed by atoms with Gasteiger partial charge in [-0.25, -0.2) is 9.97 Å². The van der Waals surface area contributed by atoms with Crippen LogP contribution in [0, 0.1) is 6.92 Å². The molecule has 2 rings (SSSR count). The van der Waals surface area contributed by atoms with E-state index < -0.39 is 0 Å². The molecule has 1 fully saturated rings. The van der Waals surface area contributed by atoms with E-state index >= 15 is 0 Å². The summed E-state index contributed by atoms with van der Waals surface area (Å²) in [6.45, 7) is 8.07. The summed E-state index contributed by atoms with van der Waals surface area (Å²) in [5.41, 5.74) is 2.27. The molecule has 1 aromatic rings. The van der Waals surface area contributed by atoms with Gasteiger partial charge in [0.25, 0.3) is 0 Å². The van der Waals surface area contributed by atoms with Crippen molar-refractivity contribution in [3.63, 3.8) is 0 Å². The Kier molecular flexibility index (Phi) is 4.71. The lowest BCUT2D eigenvalue weighted by Crippen LogP contribution is -2.32. The lowest BCUT2D eigenvalue weighted by Gasteiger charge is -2.20. The van der Waals surface area contributed by atoms with E-state index in [1.807, 2.05) is 6.20 Å². The summed E-state index contributed by atoms with van der Waals surface area (Å²) in [5.74, 6) is 0.877. The molecular formula is C14H25N5. The minimum absolute atomic E-state index is 0.616. The van der Waals surface area contributed by atoms with Crippen molar-refractivity contribution in [1.82, 2.24) is 20.2 Å². The van der Waals surface area contributed by atoms with E-state index in [2.05, 4.69) is 53.0 Å². The molecule has 0 spiro atoms. The molecule has 1 atom stereocenters. The van der Waals surface area contributed by atoms with Gasteiger partial charge >= 0.3 is 0 Å².